The predicted molar refractivity (Wildman–Crippen MR) is 279 cm³/mol. The van der Waals surface area contributed by atoms with Crippen LogP contribution in [0.4, 0.5) is 0 Å². The highest BCUT2D eigenvalue weighted by atomic mass is 15.0. The van der Waals surface area contributed by atoms with Gasteiger partial charge in [0.15, 0.2) is 17.5 Å². The number of aromatic nitrogens is 5. The third-order valence-corrected chi connectivity index (χ3v) is 14.2. The maximum Gasteiger partial charge on any atom is 0.164 e. The van der Waals surface area contributed by atoms with E-state index in [2.05, 4.69) is 176 Å². The fourth-order valence-electron chi connectivity index (χ4n) is 11.3. The molecule has 0 radical (unpaired) electrons. The van der Waals surface area contributed by atoms with Crippen molar-refractivity contribution in [2.24, 2.45) is 0 Å². The Hall–Kier alpha value is -9.19. The average molecular weight is 878 g/mol. The summed E-state index contributed by atoms with van der Waals surface area (Å²) in [7, 11) is 0. The number of hydrogen-bond acceptors (Lipinski definition) is 5. The highest BCUT2D eigenvalue weighted by Gasteiger charge is 2.52. The van der Waals surface area contributed by atoms with Crippen LogP contribution in [0.5, 0.6) is 0 Å². The lowest BCUT2D eigenvalue weighted by molar-refractivity contribution is 0.794. The Morgan fingerprint density at radius 1 is 0.304 bits per heavy atom. The lowest BCUT2D eigenvalue weighted by atomic mass is 9.70. The summed E-state index contributed by atoms with van der Waals surface area (Å²) >= 11 is 0. The van der Waals surface area contributed by atoms with Crippen LogP contribution in [0.3, 0.4) is 0 Å². The highest BCUT2D eigenvalue weighted by Crippen LogP contribution is 2.64. The summed E-state index contributed by atoms with van der Waals surface area (Å²) in [4.78, 5) is 25.1. The predicted octanol–water partition coefficient (Wildman–Crippen LogP) is 15.3. The lowest BCUT2D eigenvalue weighted by Gasteiger charge is -2.30. The molecule has 0 saturated heterocycles. The summed E-state index contributed by atoms with van der Waals surface area (Å²) in [5.41, 5.74) is 21.0. The van der Waals surface area contributed by atoms with Gasteiger partial charge in [0.2, 0.25) is 0 Å². The van der Waals surface area contributed by atoms with E-state index in [0.717, 1.165) is 71.9 Å². The molecule has 9 aromatic carbocycles. The summed E-state index contributed by atoms with van der Waals surface area (Å²) in [6.07, 6.45) is 3.79. The number of rotatable bonds is 6. The summed E-state index contributed by atoms with van der Waals surface area (Å²) in [6, 6.07) is 80.4. The average Bonchev–Trinajstić information content (AvgIpc) is 3.91. The third kappa shape index (κ3) is 6.00. The maximum absolute atomic E-state index is 5.26. The van der Waals surface area contributed by atoms with Crippen LogP contribution in [0.2, 0.25) is 0 Å². The van der Waals surface area contributed by atoms with E-state index in [1.54, 1.807) is 0 Å². The molecule has 0 bridgehead atoms. The molecule has 0 aliphatic heterocycles. The molecule has 5 nitrogen and oxygen atoms in total. The standard InChI is InChI=1S/C64H39N5/c1-3-16-42(17-4-1)61-67-62(43-18-5-2-6-19-43)69-63(68-61)47-37-45(40-31-33-41(34-32-40)48-24-13-20-44-39-66-57-30-15-35-65-60(57)58(44)48)36-46(38-47)49-25-14-29-56-59(49)52-23-9-12-28-55(52)64(56)53-26-10-7-21-50(53)51-22-8-11-27-54(51)64/h1-39H. The number of benzene rings is 9. The zero-order valence-electron chi connectivity index (χ0n) is 37.3. The molecule has 14 rings (SSSR count). The van der Waals surface area contributed by atoms with Crippen molar-refractivity contribution < 1.29 is 0 Å². The molecule has 3 heterocycles. The lowest BCUT2D eigenvalue weighted by Crippen LogP contribution is -2.25. The van der Waals surface area contributed by atoms with Crippen molar-refractivity contribution in [3.05, 3.63) is 259 Å². The van der Waals surface area contributed by atoms with Crippen LogP contribution in [0, 0.1) is 0 Å². The van der Waals surface area contributed by atoms with Gasteiger partial charge >= 0.3 is 0 Å². The minimum atomic E-state index is -0.465. The normalized spacial score (nSPS) is 12.8. The first-order chi connectivity index (χ1) is 34.2. The molecule has 69 heavy (non-hydrogen) atoms. The van der Waals surface area contributed by atoms with Gasteiger partial charge in [-0.2, -0.15) is 0 Å². The first-order valence-corrected chi connectivity index (χ1v) is 23.4. The van der Waals surface area contributed by atoms with Crippen molar-refractivity contribution in [2.75, 3.05) is 0 Å². The molecule has 2 aliphatic carbocycles. The largest absolute Gasteiger partial charge is 0.254 e. The van der Waals surface area contributed by atoms with E-state index >= 15 is 0 Å². The van der Waals surface area contributed by atoms with E-state index in [1.807, 2.05) is 60.9 Å². The molecule has 3 aromatic heterocycles. The SMILES string of the molecule is c1ccc(-c2nc(-c3ccccc3)nc(-c3cc(-c4ccc(-c5cccc6cnc7cccnc7c56)cc4)cc(-c4cccc5c4-c4ccccc4C54c5ccccc5-c5ccccc54)c3)n2)cc1. The summed E-state index contributed by atoms with van der Waals surface area (Å²) in [5, 5.41) is 2.16. The first-order valence-electron chi connectivity index (χ1n) is 23.4. The smallest absolute Gasteiger partial charge is 0.164 e. The Morgan fingerprint density at radius 3 is 1.49 bits per heavy atom. The quantitative estimate of drug-likeness (QED) is 0.156. The van der Waals surface area contributed by atoms with Crippen molar-refractivity contribution in [3.8, 4) is 89.8 Å². The molecule has 0 amide bonds. The fraction of sp³-hybridized carbons (Fsp3) is 0.0156. The third-order valence-electron chi connectivity index (χ3n) is 14.2. The van der Waals surface area contributed by atoms with Gasteiger partial charge in [0.1, 0.15) is 0 Å². The number of pyridine rings is 2. The van der Waals surface area contributed by atoms with Crippen LogP contribution in [0.15, 0.2) is 237 Å². The molecule has 2 aliphatic rings. The van der Waals surface area contributed by atoms with Gasteiger partial charge in [0.25, 0.3) is 0 Å². The van der Waals surface area contributed by atoms with Crippen LogP contribution in [0.1, 0.15) is 22.3 Å². The topological polar surface area (TPSA) is 64.5 Å². The molecule has 0 unspecified atom stereocenters. The Kier molecular flexibility index (Phi) is 8.73. The minimum absolute atomic E-state index is 0.465. The van der Waals surface area contributed by atoms with Gasteiger partial charge in [-0.05, 0) is 108 Å². The van der Waals surface area contributed by atoms with Crippen molar-refractivity contribution in [1.82, 2.24) is 24.9 Å². The monoisotopic (exact) mass is 877 g/mol. The molecule has 0 N–H and O–H groups in total. The van der Waals surface area contributed by atoms with E-state index in [0.29, 0.717) is 17.5 Å². The highest BCUT2D eigenvalue weighted by molar-refractivity contribution is 6.11. The van der Waals surface area contributed by atoms with Gasteiger partial charge in [-0.25, -0.2) is 15.0 Å². The molecule has 0 saturated carbocycles. The van der Waals surface area contributed by atoms with E-state index in [-0.39, 0.29) is 0 Å². The van der Waals surface area contributed by atoms with E-state index < -0.39 is 5.41 Å². The molecule has 320 valence electrons. The van der Waals surface area contributed by atoms with E-state index in [9.17, 15) is 0 Å². The zero-order chi connectivity index (χ0) is 45.5. The van der Waals surface area contributed by atoms with Crippen LogP contribution >= 0.6 is 0 Å². The van der Waals surface area contributed by atoms with Gasteiger partial charge in [0.05, 0.1) is 16.4 Å². The summed E-state index contributed by atoms with van der Waals surface area (Å²) in [5.74, 6) is 1.85. The van der Waals surface area contributed by atoms with Crippen LogP contribution in [-0.4, -0.2) is 24.9 Å². The second kappa shape index (κ2) is 15.4. The van der Waals surface area contributed by atoms with E-state index in [4.69, 9.17) is 24.9 Å². The van der Waals surface area contributed by atoms with Crippen LogP contribution in [-0.2, 0) is 5.41 Å². The molecule has 5 heteroatoms. The molecular formula is C64H39N5. The Bertz CT molecular complexity index is 3910. The maximum atomic E-state index is 5.26. The second-order valence-corrected chi connectivity index (χ2v) is 17.9. The molecular weight excluding hydrogens is 839 g/mol. The number of fused-ring (bicyclic) bond motifs is 13. The Balaban J connectivity index is 1.00. The second-order valence-electron chi connectivity index (χ2n) is 17.9. The van der Waals surface area contributed by atoms with Gasteiger partial charge in [-0.1, -0.05) is 194 Å². The Morgan fingerprint density at radius 2 is 0.812 bits per heavy atom. The van der Waals surface area contributed by atoms with Gasteiger partial charge in [-0.3, -0.25) is 9.97 Å². The van der Waals surface area contributed by atoms with Gasteiger partial charge < -0.3 is 0 Å². The van der Waals surface area contributed by atoms with Crippen molar-refractivity contribution in [1.29, 1.82) is 0 Å². The van der Waals surface area contributed by atoms with Gasteiger partial charge in [-0.15, -0.1) is 0 Å². The van der Waals surface area contributed by atoms with E-state index in [1.165, 1.54) is 44.5 Å². The van der Waals surface area contributed by atoms with Crippen LogP contribution < -0.4 is 0 Å². The van der Waals surface area contributed by atoms with Crippen molar-refractivity contribution >= 4 is 21.8 Å². The minimum Gasteiger partial charge on any atom is -0.254 e. The molecule has 0 fully saturated rings. The molecule has 1 spiro atoms. The Labute approximate surface area is 399 Å². The van der Waals surface area contributed by atoms with Gasteiger partial charge in [0, 0.05) is 39.9 Å². The molecule has 0 atom stereocenters. The fourth-order valence-corrected chi connectivity index (χ4v) is 11.3. The van der Waals surface area contributed by atoms with Crippen LogP contribution in [0.25, 0.3) is 112 Å². The number of hydrogen-bond donors (Lipinski definition) is 0. The van der Waals surface area contributed by atoms with Crippen molar-refractivity contribution in [3.63, 3.8) is 0 Å². The first kappa shape index (κ1) is 39.0. The summed E-state index contributed by atoms with van der Waals surface area (Å²) < 4.78 is 0. The summed E-state index contributed by atoms with van der Waals surface area (Å²) in [6.45, 7) is 0. The van der Waals surface area contributed by atoms with Crippen molar-refractivity contribution in [2.45, 2.75) is 5.41 Å². The zero-order valence-corrected chi connectivity index (χ0v) is 37.3. The number of nitrogens with zero attached hydrogens (tertiary/aromatic N) is 5. The molecule has 12 aromatic rings.